The molecule has 1 aliphatic carbocycles. The van der Waals surface area contributed by atoms with Gasteiger partial charge in [0.25, 0.3) is 0 Å². The topological polar surface area (TPSA) is 61.3 Å². The molecule has 5 nitrogen and oxygen atoms in total. The van der Waals surface area contributed by atoms with Gasteiger partial charge in [0.2, 0.25) is 11.8 Å². The zero-order chi connectivity index (χ0) is 13.0. The molecule has 1 fully saturated rings. The molecule has 0 saturated heterocycles. The number of thioether (sulfide) groups is 1. The summed E-state index contributed by atoms with van der Waals surface area (Å²) in [4.78, 5) is 19.6. The van der Waals surface area contributed by atoms with Crippen LogP contribution in [0.25, 0.3) is 0 Å². The smallest absolute Gasteiger partial charge is 0.220 e. The lowest BCUT2D eigenvalue weighted by molar-refractivity contribution is -0.108. The Balaban J connectivity index is 2.13. The molecule has 0 radical (unpaired) electrons. The standard InChI is InChI=1S/C12H16N2O3S/c1-16-10-6-11(17-2)14-12(13-10)18-9(7-15)8-4-3-5-8/h6-9H,3-5H2,1-2H3. The van der Waals surface area contributed by atoms with Gasteiger partial charge in [0.15, 0.2) is 5.16 Å². The van der Waals surface area contributed by atoms with Crippen LogP contribution in [0.2, 0.25) is 0 Å². The molecule has 6 heteroatoms. The van der Waals surface area contributed by atoms with Crippen molar-refractivity contribution in [3.8, 4) is 11.8 Å². The summed E-state index contributed by atoms with van der Waals surface area (Å²) < 4.78 is 10.2. The Kier molecular flexibility index (Phi) is 4.41. The van der Waals surface area contributed by atoms with Gasteiger partial charge >= 0.3 is 0 Å². The van der Waals surface area contributed by atoms with Crippen LogP contribution < -0.4 is 9.47 Å². The van der Waals surface area contributed by atoms with Crippen molar-refractivity contribution in [1.82, 2.24) is 9.97 Å². The van der Waals surface area contributed by atoms with E-state index in [1.165, 1.54) is 18.2 Å². The minimum atomic E-state index is -0.0736. The van der Waals surface area contributed by atoms with Crippen molar-refractivity contribution in [2.45, 2.75) is 29.7 Å². The molecule has 0 N–H and O–H groups in total. The second-order valence-electron chi connectivity index (χ2n) is 4.14. The molecular weight excluding hydrogens is 252 g/mol. The third kappa shape index (κ3) is 2.93. The fraction of sp³-hybridized carbons (Fsp3) is 0.583. The zero-order valence-electron chi connectivity index (χ0n) is 10.5. The maximum absolute atomic E-state index is 11.1. The summed E-state index contributed by atoms with van der Waals surface area (Å²) in [5.41, 5.74) is 0. The second-order valence-corrected chi connectivity index (χ2v) is 5.29. The molecule has 0 aliphatic heterocycles. The van der Waals surface area contributed by atoms with Crippen LogP contribution in [0.15, 0.2) is 11.2 Å². The summed E-state index contributed by atoms with van der Waals surface area (Å²) >= 11 is 1.38. The van der Waals surface area contributed by atoms with Gasteiger partial charge in [-0.1, -0.05) is 18.2 Å². The summed E-state index contributed by atoms with van der Waals surface area (Å²) in [6, 6.07) is 1.61. The van der Waals surface area contributed by atoms with E-state index in [-0.39, 0.29) is 5.25 Å². The predicted octanol–water partition coefficient (Wildman–Crippen LogP) is 1.95. The summed E-state index contributed by atoms with van der Waals surface area (Å²) in [7, 11) is 3.08. The van der Waals surface area contributed by atoms with Crippen LogP contribution >= 0.6 is 11.8 Å². The Morgan fingerprint density at radius 2 is 1.94 bits per heavy atom. The summed E-state index contributed by atoms with van der Waals surface area (Å²) in [5.74, 6) is 1.35. The van der Waals surface area contributed by atoms with Crippen molar-refractivity contribution in [2.24, 2.45) is 5.92 Å². The van der Waals surface area contributed by atoms with Gasteiger partial charge in [-0.05, 0) is 18.8 Å². The van der Waals surface area contributed by atoms with E-state index >= 15 is 0 Å². The number of methoxy groups -OCH3 is 2. The molecule has 0 bridgehead atoms. The van der Waals surface area contributed by atoms with E-state index in [1.54, 1.807) is 20.3 Å². The highest BCUT2D eigenvalue weighted by Crippen LogP contribution is 2.37. The Morgan fingerprint density at radius 3 is 2.33 bits per heavy atom. The lowest BCUT2D eigenvalue weighted by Gasteiger charge is -2.29. The molecule has 1 aliphatic rings. The Hall–Kier alpha value is -1.30. The first-order valence-corrected chi connectivity index (χ1v) is 6.73. The molecule has 18 heavy (non-hydrogen) atoms. The Labute approximate surface area is 110 Å². The number of hydrogen-bond acceptors (Lipinski definition) is 6. The second kappa shape index (κ2) is 6.04. The number of aromatic nitrogens is 2. The van der Waals surface area contributed by atoms with Crippen LogP contribution in [-0.2, 0) is 4.79 Å². The maximum Gasteiger partial charge on any atom is 0.220 e. The molecule has 0 aromatic carbocycles. The molecule has 0 amide bonds. The third-order valence-corrected chi connectivity index (χ3v) is 4.23. The van der Waals surface area contributed by atoms with Crippen molar-refractivity contribution < 1.29 is 14.3 Å². The average Bonchev–Trinajstić information content (AvgIpc) is 2.35. The minimum Gasteiger partial charge on any atom is -0.481 e. The van der Waals surface area contributed by atoms with Gasteiger partial charge in [0.1, 0.15) is 6.29 Å². The molecular formula is C12H16N2O3S. The Bertz CT molecular complexity index is 402. The van der Waals surface area contributed by atoms with Gasteiger partial charge < -0.3 is 14.3 Å². The van der Waals surface area contributed by atoms with Crippen LogP contribution in [-0.4, -0.2) is 35.7 Å². The number of hydrogen-bond donors (Lipinski definition) is 0. The fourth-order valence-corrected chi connectivity index (χ4v) is 2.82. The SMILES string of the molecule is COc1cc(OC)nc(SC(C=O)C2CCC2)n1. The van der Waals surface area contributed by atoms with Gasteiger partial charge in [0.05, 0.1) is 25.5 Å². The molecule has 1 saturated carbocycles. The zero-order valence-corrected chi connectivity index (χ0v) is 11.3. The lowest BCUT2D eigenvalue weighted by Crippen LogP contribution is -2.25. The molecule has 1 aromatic heterocycles. The first-order valence-electron chi connectivity index (χ1n) is 5.86. The van der Waals surface area contributed by atoms with E-state index < -0.39 is 0 Å². The fourth-order valence-electron chi connectivity index (χ4n) is 1.77. The van der Waals surface area contributed by atoms with Gasteiger partial charge in [-0.2, -0.15) is 9.97 Å². The average molecular weight is 268 g/mol. The van der Waals surface area contributed by atoms with Gasteiger partial charge in [-0.15, -0.1) is 0 Å². The predicted molar refractivity (Wildman–Crippen MR) is 68.2 cm³/mol. The number of rotatable bonds is 6. The molecule has 1 atom stereocenters. The molecule has 2 rings (SSSR count). The Morgan fingerprint density at radius 1 is 1.33 bits per heavy atom. The number of aldehydes is 1. The number of carbonyl (C=O) groups excluding carboxylic acids is 1. The van der Waals surface area contributed by atoms with Crippen molar-refractivity contribution in [3.63, 3.8) is 0 Å². The van der Waals surface area contributed by atoms with Gasteiger partial charge in [-0.3, -0.25) is 0 Å². The van der Waals surface area contributed by atoms with Crippen LogP contribution in [0, 0.1) is 5.92 Å². The van der Waals surface area contributed by atoms with Crippen LogP contribution in [0.4, 0.5) is 0 Å². The van der Waals surface area contributed by atoms with Crippen molar-refractivity contribution in [1.29, 1.82) is 0 Å². The first kappa shape index (κ1) is 13.1. The van der Waals surface area contributed by atoms with Crippen LogP contribution in [0.3, 0.4) is 0 Å². The molecule has 1 unspecified atom stereocenters. The minimum absolute atomic E-state index is 0.0736. The molecule has 98 valence electrons. The highest BCUT2D eigenvalue weighted by atomic mass is 32.2. The van der Waals surface area contributed by atoms with Gasteiger partial charge in [-0.25, -0.2) is 0 Å². The number of nitrogens with zero attached hydrogens (tertiary/aromatic N) is 2. The van der Waals surface area contributed by atoms with E-state index in [9.17, 15) is 4.79 Å². The molecule has 1 aromatic rings. The first-order chi connectivity index (χ1) is 8.76. The lowest BCUT2D eigenvalue weighted by atomic mass is 9.83. The van der Waals surface area contributed by atoms with Crippen molar-refractivity contribution in [2.75, 3.05) is 14.2 Å². The van der Waals surface area contributed by atoms with Crippen LogP contribution in [0.5, 0.6) is 11.8 Å². The molecule has 0 spiro atoms. The van der Waals surface area contributed by atoms with E-state index in [0.29, 0.717) is 22.8 Å². The highest BCUT2D eigenvalue weighted by Gasteiger charge is 2.28. The van der Waals surface area contributed by atoms with E-state index in [1.807, 2.05) is 0 Å². The summed E-state index contributed by atoms with van der Waals surface area (Å²) in [5, 5.41) is 0.450. The normalized spacial score (nSPS) is 16.8. The summed E-state index contributed by atoms with van der Waals surface area (Å²) in [6.45, 7) is 0. The van der Waals surface area contributed by atoms with E-state index in [0.717, 1.165) is 19.1 Å². The maximum atomic E-state index is 11.1. The monoisotopic (exact) mass is 268 g/mol. The number of carbonyl (C=O) groups is 1. The largest absolute Gasteiger partial charge is 0.481 e. The molecule has 1 heterocycles. The van der Waals surface area contributed by atoms with E-state index in [4.69, 9.17) is 9.47 Å². The quantitative estimate of drug-likeness (QED) is 0.446. The van der Waals surface area contributed by atoms with Crippen molar-refractivity contribution >= 4 is 18.0 Å². The van der Waals surface area contributed by atoms with Crippen LogP contribution in [0.1, 0.15) is 19.3 Å². The van der Waals surface area contributed by atoms with Gasteiger partial charge in [0, 0.05) is 0 Å². The van der Waals surface area contributed by atoms with Crippen molar-refractivity contribution in [3.05, 3.63) is 6.07 Å². The number of ether oxygens (including phenoxy) is 2. The third-order valence-electron chi connectivity index (χ3n) is 3.07. The van der Waals surface area contributed by atoms with E-state index in [2.05, 4.69) is 9.97 Å². The summed E-state index contributed by atoms with van der Waals surface area (Å²) in [6.07, 6.45) is 4.41. The highest BCUT2D eigenvalue weighted by molar-refractivity contribution is 8.00.